The van der Waals surface area contributed by atoms with E-state index in [-0.39, 0.29) is 17.7 Å². The molecular weight excluding hydrogens is 270 g/mol. The Labute approximate surface area is 111 Å². The van der Waals surface area contributed by atoms with Crippen LogP contribution in [0.5, 0.6) is 0 Å². The van der Waals surface area contributed by atoms with Crippen molar-refractivity contribution in [3.8, 4) is 0 Å². The molecule has 0 saturated heterocycles. The average Bonchev–Trinajstić information content (AvgIpc) is 2.28. The molecule has 1 atom stereocenters. The Morgan fingerprint density at radius 3 is 2.53 bits per heavy atom. The van der Waals surface area contributed by atoms with Crippen molar-refractivity contribution in [3.63, 3.8) is 0 Å². The van der Waals surface area contributed by atoms with Crippen LogP contribution in [0, 0.1) is 10.1 Å². The monoisotopic (exact) mass is 285 g/mol. The zero-order valence-corrected chi connectivity index (χ0v) is 11.7. The number of hydrogen-bond donors (Lipinski definition) is 0. The van der Waals surface area contributed by atoms with E-state index in [4.69, 9.17) is 0 Å². The van der Waals surface area contributed by atoms with Crippen molar-refractivity contribution in [2.75, 3.05) is 20.4 Å². The molecule has 0 aromatic heterocycles. The fraction of sp³-hybridized carbons (Fsp3) is 0.364. The first kappa shape index (κ1) is 15.3. The van der Waals surface area contributed by atoms with Crippen LogP contribution in [-0.2, 0) is 21.1 Å². The highest BCUT2D eigenvalue weighted by atomic mass is 32.2. The summed E-state index contributed by atoms with van der Waals surface area (Å²) in [6, 6.07) is 5.92. The average molecular weight is 285 g/mol. The lowest BCUT2D eigenvalue weighted by atomic mass is 10.1. The third-order valence-electron chi connectivity index (χ3n) is 2.48. The number of rotatable bonds is 4. The highest BCUT2D eigenvalue weighted by Gasteiger charge is 2.16. The Balaban J connectivity index is 3.03. The molecule has 0 aliphatic rings. The van der Waals surface area contributed by atoms with E-state index in [1.807, 2.05) is 0 Å². The van der Waals surface area contributed by atoms with Crippen molar-refractivity contribution in [1.82, 2.24) is 4.31 Å². The minimum atomic E-state index is -2.76. The van der Waals surface area contributed by atoms with Gasteiger partial charge in [-0.3, -0.25) is 14.9 Å². The topological polar surface area (TPSA) is 92.9 Å². The summed E-state index contributed by atoms with van der Waals surface area (Å²) in [7, 11) is 0.330. The van der Waals surface area contributed by atoms with Gasteiger partial charge >= 0.3 is 0 Å². The van der Waals surface area contributed by atoms with Crippen LogP contribution in [0.1, 0.15) is 5.56 Å². The van der Waals surface area contributed by atoms with Crippen LogP contribution in [0.3, 0.4) is 0 Å². The number of para-hydroxylation sites is 1. The highest BCUT2D eigenvalue weighted by molar-refractivity contribution is 7.90. The third-order valence-corrected chi connectivity index (χ3v) is 4.38. The van der Waals surface area contributed by atoms with E-state index in [9.17, 15) is 19.1 Å². The van der Waals surface area contributed by atoms with Crippen LogP contribution in [-0.4, -0.2) is 39.7 Å². The molecule has 0 radical (unpaired) electrons. The summed E-state index contributed by atoms with van der Waals surface area (Å²) in [5.41, 5.74) is 0.119. The maximum atomic E-state index is 11.9. The molecule has 0 heterocycles. The van der Waals surface area contributed by atoms with Gasteiger partial charge in [0.05, 0.1) is 11.3 Å². The lowest BCUT2D eigenvalue weighted by molar-refractivity contribution is -0.385. The van der Waals surface area contributed by atoms with E-state index in [0.717, 1.165) is 0 Å². The number of carbonyl (C=O) groups excluding carboxylic acids is 1. The second-order valence-electron chi connectivity index (χ2n) is 4.12. The van der Waals surface area contributed by atoms with Gasteiger partial charge in [-0.2, -0.15) is 0 Å². The molecule has 1 aromatic carbocycles. The van der Waals surface area contributed by atoms with Crippen molar-refractivity contribution < 1.29 is 13.9 Å². The lowest BCUT2D eigenvalue weighted by Gasteiger charge is -2.11. The Hall–Kier alpha value is -1.80. The zero-order chi connectivity index (χ0) is 14.6. The van der Waals surface area contributed by atoms with Crippen LogP contribution < -0.4 is 0 Å². The number of nitro groups is 1. The number of hydrogen-bond acceptors (Lipinski definition) is 4. The number of amides is 1. The van der Waals surface area contributed by atoms with Gasteiger partial charge in [0, 0.05) is 32.0 Å². The fourth-order valence-electron chi connectivity index (χ4n) is 1.30. The molecular formula is C11H15N3O4S. The van der Waals surface area contributed by atoms with Gasteiger partial charge in [0.2, 0.25) is 0 Å². The maximum absolute atomic E-state index is 11.9. The first-order valence-electron chi connectivity index (χ1n) is 5.39. The first-order valence-corrected chi connectivity index (χ1v) is 7.27. The fourth-order valence-corrected chi connectivity index (χ4v) is 1.91. The third kappa shape index (κ3) is 4.11. The molecule has 0 fully saturated rings. The molecule has 1 unspecified atom stereocenters. The van der Waals surface area contributed by atoms with Gasteiger partial charge in [-0.15, -0.1) is 4.36 Å². The molecule has 8 heteroatoms. The van der Waals surface area contributed by atoms with Crippen LogP contribution in [0.15, 0.2) is 28.6 Å². The first-order chi connectivity index (χ1) is 8.74. The lowest BCUT2D eigenvalue weighted by Crippen LogP contribution is -2.22. The van der Waals surface area contributed by atoms with E-state index in [2.05, 4.69) is 4.36 Å². The summed E-state index contributed by atoms with van der Waals surface area (Å²) < 4.78 is 16.8. The van der Waals surface area contributed by atoms with Gasteiger partial charge in [0.25, 0.3) is 11.6 Å². The number of nitro benzene ring substituents is 1. The molecule has 19 heavy (non-hydrogen) atoms. The standard InChI is InChI=1S/C11H15N3O4S/c1-13(2)19(3,18)12-11(15)8-9-6-4-5-7-10(9)14(16)17/h4-7H,8H2,1-3H3. The van der Waals surface area contributed by atoms with Crippen molar-refractivity contribution in [3.05, 3.63) is 39.9 Å². The van der Waals surface area contributed by atoms with E-state index in [1.54, 1.807) is 20.2 Å². The SMILES string of the molecule is CN(C)S(C)(=O)=NC(=O)Cc1ccccc1[N+](=O)[O-]. The molecule has 7 nitrogen and oxygen atoms in total. The zero-order valence-electron chi connectivity index (χ0n) is 10.9. The van der Waals surface area contributed by atoms with Crippen molar-refractivity contribution in [2.24, 2.45) is 4.36 Å². The summed E-state index contributed by atoms with van der Waals surface area (Å²) in [6.07, 6.45) is 1.10. The predicted molar refractivity (Wildman–Crippen MR) is 72.0 cm³/mol. The molecule has 1 aromatic rings. The van der Waals surface area contributed by atoms with Crippen LogP contribution >= 0.6 is 0 Å². The smallest absolute Gasteiger partial charge is 0.272 e. The predicted octanol–water partition coefficient (Wildman–Crippen LogP) is 1.24. The molecule has 0 aliphatic carbocycles. The number of nitrogens with zero attached hydrogens (tertiary/aromatic N) is 3. The van der Waals surface area contributed by atoms with E-state index < -0.39 is 20.7 Å². The van der Waals surface area contributed by atoms with Gasteiger partial charge in [0.1, 0.15) is 9.92 Å². The van der Waals surface area contributed by atoms with Gasteiger partial charge < -0.3 is 0 Å². The van der Waals surface area contributed by atoms with Crippen LogP contribution in [0.4, 0.5) is 5.69 Å². The van der Waals surface area contributed by atoms with Crippen molar-refractivity contribution in [2.45, 2.75) is 6.42 Å². The molecule has 0 aliphatic heterocycles. The van der Waals surface area contributed by atoms with Crippen molar-refractivity contribution in [1.29, 1.82) is 0 Å². The van der Waals surface area contributed by atoms with E-state index in [0.29, 0.717) is 0 Å². The molecule has 1 rings (SSSR count). The van der Waals surface area contributed by atoms with Gasteiger partial charge in [0.15, 0.2) is 0 Å². The number of benzene rings is 1. The Bertz CT molecular complexity index is 618. The number of carbonyl (C=O) groups is 1. The quantitative estimate of drug-likeness (QED) is 0.614. The van der Waals surface area contributed by atoms with E-state index >= 15 is 0 Å². The maximum Gasteiger partial charge on any atom is 0.273 e. The van der Waals surface area contributed by atoms with Gasteiger partial charge in [-0.25, -0.2) is 8.51 Å². The molecule has 104 valence electrons. The van der Waals surface area contributed by atoms with E-state index in [1.165, 1.54) is 28.8 Å². The molecule has 0 spiro atoms. The van der Waals surface area contributed by atoms with Crippen LogP contribution in [0.2, 0.25) is 0 Å². The molecule has 0 N–H and O–H groups in total. The second-order valence-corrected chi connectivity index (χ2v) is 6.56. The second kappa shape index (κ2) is 5.89. The summed E-state index contributed by atoms with van der Waals surface area (Å²) >= 11 is 0. The highest BCUT2D eigenvalue weighted by Crippen LogP contribution is 2.18. The summed E-state index contributed by atoms with van der Waals surface area (Å²) in [5.74, 6) is -0.643. The minimum absolute atomic E-state index is 0.140. The summed E-state index contributed by atoms with van der Waals surface area (Å²) in [5, 5.41) is 10.8. The van der Waals surface area contributed by atoms with Crippen molar-refractivity contribution >= 4 is 21.5 Å². The Morgan fingerprint density at radius 2 is 2.00 bits per heavy atom. The minimum Gasteiger partial charge on any atom is -0.272 e. The molecule has 0 saturated carbocycles. The van der Waals surface area contributed by atoms with Crippen LogP contribution in [0.25, 0.3) is 0 Å². The summed E-state index contributed by atoms with van der Waals surface area (Å²) in [4.78, 5) is 22.0. The largest absolute Gasteiger partial charge is 0.273 e. The van der Waals surface area contributed by atoms with Gasteiger partial charge in [-0.05, 0) is 0 Å². The Morgan fingerprint density at radius 1 is 1.42 bits per heavy atom. The molecule has 0 bridgehead atoms. The normalized spacial score (nSPS) is 13.9. The Kier molecular flexibility index (Phi) is 4.73. The van der Waals surface area contributed by atoms with Gasteiger partial charge in [-0.1, -0.05) is 18.2 Å². The summed E-state index contributed by atoms with van der Waals surface area (Å²) in [6.45, 7) is 0. The molecule has 1 amide bonds.